The third-order valence-electron chi connectivity index (χ3n) is 4.23. The van der Waals surface area contributed by atoms with Crippen LogP contribution in [0.15, 0.2) is 24.3 Å². The van der Waals surface area contributed by atoms with E-state index in [1.54, 1.807) is 0 Å². The maximum atomic E-state index is 12.3. The minimum Gasteiger partial charge on any atom is -0.368 e. The second kappa shape index (κ2) is 6.27. The molecule has 0 bridgehead atoms. The third-order valence-corrected chi connectivity index (χ3v) is 4.23. The summed E-state index contributed by atoms with van der Waals surface area (Å²) in [6.07, 6.45) is 0. The number of amides is 1. The number of piperazine rings is 1. The summed E-state index contributed by atoms with van der Waals surface area (Å²) in [4.78, 5) is 16.6. The first-order valence-electron chi connectivity index (χ1n) is 7.35. The van der Waals surface area contributed by atoms with Crippen LogP contribution in [0.1, 0.15) is 19.4 Å². The number of carbonyl (C=O) groups is 1. The molecule has 1 aromatic rings. The number of para-hydroxylation sites is 1. The summed E-state index contributed by atoms with van der Waals surface area (Å²) in [5, 5.41) is 0. The van der Waals surface area contributed by atoms with Gasteiger partial charge in [0.15, 0.2) is 0 Å². The third kappa shape index (κ3) is 3.12. The summed E-state index contributed by atoms with van der Waals surface area (Å²) in [6, 6.07) is 8.32. The van der Waals surface area contributed by atoms with E-state index in [-0.39, 0.29) is 17.9 Å². The maximum absolute atomic E-state index is 12.3. The summed E-state index contributed by atoms with van der Waals surface area (Å²) < 4.78 is 0. The fraction of sp³-hybridized carbons (Fsp3) is 0.562. The fourth-order valence-corrected chi connectivity index (χ4v) is 2.60. The molecule has 0 aliphatic carbocycles. The minimum atomic E-state index is -0.0972. The molecule has 110 valence electrons. The molecule has 1 amide bonds. The van der Waals surface area contributed by atoms with Crippen molar-refractivity contribution >= 4 is 11.6 Å². The SMILES string of the molecule is Cc1ccccc1N1CCN(C(=O)C(C)C(C)N)CC1. The van der Waals surface area contributed by atoms with Gasteiger partial charge in [-0.25, -0.2) is 0 Å². The highest BCUT2D eigenvalue weighted by molar-refractivity contribution is 5.79. The normalized spacial score (nSPS) is 18.8. The molecule has 0 saturated carbocycles. The van der Waals surface area contributed by atoms with Gasteiger partial charge >= 0.3 is 0 Å². The summed E-state index contributed by atoms with van der Waals surface area (Å²) in [7, 11) is 0. The van der Waals surface area contributed by atoms with Gasteiger partial charge in [-0.05, 0) is 25.5 Å². The lowest BCUT2D eigenvalue weighted by Gasteiger charge is -2.38. The van der Waals surface area contributed by atoms with E-state index in [0.29, 0.717) is 0 Å². The summed E-state index contributed by atoms with van der Waals surface area (Å²) in [5.41, 5.74) is 8.39. The van der Waals surface area contributed by atoms with Crippen LogP contribution in [0.4, 0.5) is 5.69 Å². The molecule has 1 aromatic carbocycles. The van der Waals surface area contributed by atoms with Gasteiger partial charge in [0, 0.05) is 37.9 Å². The predicted molar refractivity (Wildman–Crippen MR) is 82.8 cm³/mol. The number of hydrogen-bond acceptors (Lipinski definition) is 3. The molecular weight excluding hydrogens is 250 g/mol. The lowest BCUT2D eigenvalue weighted by molar-refractivity contribution is -0.135. The summed E-state index contributed by atoms with van der Waals surface area (Å²) in [5.74, 6) is 0.0874. The Hall–Kier alpha value is -1.55. The average molecular weight is 275 g/mol. The molecule has 2 unspecified atom stereocenters. The molecule has 0 aromatic heterocycles. The Morgan fingerprint density at radius 1 is 1.15 bits per heavy atom. The molecule has 1 saturated heterocycles. The molecule has 2 atom stereocenters. The van der Waals surface area contributed by atoms with Crippen LogP contribution in [0.3, 0.4) is 0 Å². The van der Waals surface area contributed by atoms with E-state index >= 15 is 0 Å². The van der Waals surface area contributed by atoms with Gasteiger partial charge < -0.3 is 15.5 Å². The van der Waals surface area contributed by atoms with Crippen molar-refractivity contribution < 1.29 is 4.79 Å². The largest absolute Gasteiger partial charge is 0.368 e. The van der Waals surface area contributed by atoms with E-state index in [9.17, 15) is 4.79 Å². The molecule has 4 heteroatoms. The number of carbonyl (C=O) groups excluding carboxylic acids is 1. The van der Waals surface area contributed by atoms with Crippen LogP contribution in [0, 0.1) is 12.8 Å². The van der Waals surface area contributed by atoms with Crippen molar-refractivity contribution in [3.63, 3.8) is 0 Å². The predicted octanol–water partition coefficient (Wildman–Crippen LogP) is 1.63. The van der Waals surface area contributed by atoms with Gasteiger partial charge in [0.25, 0.3) is 0 Å². The van der Waals surface area contributed by atoms with Crippen molar-refractivity contribution in [3.8, 4) is 0 Å². The summed E-state index contributed by atoms with van der Waals surface area (Å²) in [6.45, 7) is 9.29. The van der Waals surface area contributed by atoms with E-state index in [1.165, 1.54) is 11.3 Å². The first-order chi connectivity index (χ1) is 9.50. The number of nitrogens with two attached hydrogens (primary N) is 1. The first-order valence-corrected chi connectivity index (χ1v) is 7.35. The van der Waals surface area contributed by atoms with E-state index in [4.69, 9.17) is 5.73 Å². The maximum Gasteiger partial charge on any atom is 0.227 e. The smallest absolute Gasteiger partial charge is 0.227 e. The number of nitrogens with zero attached hydrogens (tertiary/aromatic N) is 2. The average Bonchev–Trinajstić information content (AvgIpc) is 2.46. The van der Waals surface area contributed by atoms with Crippen LogP contribution in [0.25, 0.3) is 0 Å². The van der Waals surface area contributed by atoms with E-state index in [2.05, 4.69) is 36.1 Å². The molecular formula is C16H25N3O. The summed E-state index contributed by atoms with van der Waals surface area (Å²) >= 11 is 0. The molecule has 0 spiro atoms. The minimum absolute atomic E-state index is 0.0862. The number of hydrogen-bond donors (Lipinski definition) is 1. The highest BCUT2D eigenvalue weighted by atomic mass is 16.2. The van der Waals surface area contributed by atoms with Gasteiger partial charge in [0.2, 0.25) is 5.91 Å². The highest BCUT2D eigenvalue weighted by Gasteiger charge is 2.26. The van der Waals surface area contributed by atoms with Crippen LogP contribution >= 0.6 is 0 Å². The van der Waals surface area contributed by atoms with Gasteiger partial charge in [0.1, 0.15) is 0 Å². The van der Waals surface area contributed by atoms with Gasteiger partial charge in [0.05, 0.1) is 5.92 Å². The highest BCUT2D eigenvalue weighted by Crippen LogP contribution is 2.21. The molecule has 20 heavy (non-hydrogen) atoms. The number of rotatable bonds is 3. The van der Waals surface area contributed by atoms with Crippen LogP contribution in [0.5, 0.6) is 0 Å². The Balaban J connectivity index is 1.96. The van der Waals surface area contributed by atoms with Crippen molar-refractivity contribution in [1.29, 1.82) is 0 Å². The quantitative estimate of drug-likeness (QED) is 0.912. The first kappa shape index (κ1) is 14.9. The Morgan fingerprint density at radius 2 is 1.75 bits per heavy atom. The lowest BCUT2D eigenvalue weighted by Crippen LogP contribution is -2.52. The lowest BCUT2D eigenvalue weighted by atomic mass is 10.0. The van der Waals surface area contributed by atoms with Crippen molar-refractivity contribution in [3.05, 3.63) is 29.8 Å². The standard InChI is InChI=1S/C16H25N3O/c1-12-6-4-5-7-15(12)18-8-10-19(11-9-18)16(20)13(2)14(3)17/h4-7,13-14H,8-11,17H2,1-3H3. The van der Waals surface area contributed by atoms with Gasteiger partial charge in [-0.2, -0.15) is 0 Å². The number of aryl methyl sites for hydroxylation is 1. The molecule has 1 aliphatic heterocycles. The van der Waals surface area contributed by atoms with Gasteiger partial charge in [-0.3, -0.25) is 4.79 Å². The molecule has 2 rings (SSSR count). The zero-order valence-corrected chi connectivity index (χ0v) is 12.7. The van der Waals surface area contributed by atoms with Crippen LogP contribution in [-0.4, -0.2) is 43.0 Å². The van der Waals surface area contributed by atoms with Crippen molar-refractivity contribution in [2.45, 2.75) is 26.8 Å². The zero-order valence-electron chi connectivity index (χ0n) is 12.7. The van der Waals surface area contributed by atoms with E-state index < -0.39 is 0 Å². The molecule has 1 fully saturated rings. The van der Waals surface area contributed by atoms with Crippen molar-refractivity contribution in [1.82, 2.24) is 4.90 Å². The Bertz CT molecular complexity index is 465. The van der Waals surface area contributed by atoms with Crippen molar-refractivity contribution in [2.75, 3.05) is 31.1 Å². The van der Waals surface area contributed by atoms with Gasteiger partial charge in [-0.1, -0.05) is 25.1 Å². The Kier molecular flexibility index (Phi) is 4.65. The zero-order chi connectivity index (χ0) is 14.7. The topological polar surface area (TPSA) is 49.6 Å². The van der Waals surface area contributed by atoms with Crippen LogP contribution in [0.2, 0.25) is 0 Å². The Labute approximate surface area is 121 Å². The fourth-order valence-electron chi connectivity index (χ4n) is 2.60. The Morgan fingerprint density at radius 3 is 2.30 bits per heavy atom. The molecule has 4 nitrogen and oxygen atoms in total. The monoisotopic (exact) mass is 275 g/mol. The molecule has 1 aliphatic rings. The number of benzene rings is 1. The van der Waals surface area contributed by atoms with Crippen LogP contribution in [-0.2, 0) is 4.79 Å². The van der Waals surface area contributed by atoms with Crippen LogP contribution < -0.4 is 10.6 Å². The van der Waals surface area contributed by atoms with Gasteiger partial charge in [-0.15, -0.1) is 0 Å². The molecule has 2 N–H and O–H groups in total. The second-order valence-corrected chi connectivity index (χ2v) is 5.75. The van der Waals surface area contributed by atoms with E-state index in [1.807, 2.05) is 18.7 Å². The molecule has 1 heterocycles. The van der Waals surface area contributed by atoms with Crippen molar-refractivity contribution in [2.24, 2.45) is 11.7 Å². The second-order valence-electron chi connectivity index (χ2n) is 5.75. The van der Waals surface area contributed by atoms with E-state index in [0.717, 1.165) is 26.2 Å². The number of anilines is 1. The molecule has 0 radical (unpaired) electrons.